The number of hydrogen-bond acceptors (Lipinski definition) is 4. The van der Waals surface area contributed by atoms with Gasteiger partial charge in [0.15, 0.2) is 0 Å². The number of nitrogens with one attached hydrogen (secondary N) is 1. The average molecular weight is 409 g/mol. The minimum atomic E-state index is -3.68. The van der Waals surface area contributed by atoms with Crippen molar-refractivity contribution in [2.75, 3.05) is 25.0 Å². The van der Waals surface area contributed by atoms with E-state index in [1.165, 1.54) is 29.6 Å². The summed E-state index contributed by atoms with van der Waals surface area (Å²) in [7, 11) is -3.68. The molecule has 0 unspecified atom stereocenters. The van der Waals surface area contributed by atoms with Gasteiger partial charge in [-0.05, 0) is 62.1 Å². The predicted molar refractivity (Wildman–Crippen MR) is 110 cm³/mol. The molecule has 3 rings (SSSR count). The minimum Gasteiger partial charge on any atom is -0.492 e. The first-order chi connectivity index (χ1) is 13.4. The zero-order chi connectivity index (χ0) is 20.3. The Labute approximate surface area is 168 Å². The molecule has 1 aromatic rings. The summed E-state index contributed by atoms with van der Waals surface area (Å²) < 4.78 is 33.0. The number of carbonyl (C=O) groups is 1. The molecule has 2 bridgehead atoms. The first-order valence-electron chi connectivity index (χ1n) is 10.5. The molecule has 6 nitrogen and oxygen atoms in total. The molecule has 1 N–H and O–H groups in total. The first kappa shape index (κ1) is 21.1. The van der Waals surface area contributed by atoms with E-state index in [1.54, 1.807) is 12.1 Å². The van der Waals surface area contributed by atoms with Crippen LogP contribution < -0.4 is 10.1 Å². The molecule has 0 aromatic heterocycles. The number of hydrogen-bond donors (Lipinski definition) is 1. The number of amides is 1. The van der Waals surface area contributed by atoms with Crippen LogP contribution >= 0.6 is 0 Å². The molecular formula is C21H32N2O4S. The third kappa shape index (κ3) is 4.35. The molecule has 0 saturated heterocycles. The van der Waals surface area contributed by atoms with Gasteiger partial charge >= 0.3 is 0 Å². The maximum absolute atomic E-state index is 13.0. The van der Waals surface area contributed by atoms with E-state index in [2.05, 4.69) is 5.32 Å². The Bertz CT molecular complexity index is 805. The van der Waals surface area contributed by atoms with Crippen molar-refractivity contribution >= 4 is 21.6 Å². The third-order valence-electron chi connectivity index (χ3n) is 6.18. The second-order valence-corrected chi connectivity index (χ2v) is 9.78. The van der Waals surface area contributed by atoms with Crippen LogP contribution in [0, 0.1) is 17.8 Å². The SMILES string of the molecule is CCOc1ccc(NC(=O)C[C@H]2C[C@@H]3CC[C@@H]2C3)cc1S(=O)(=O)N(CC)CC. The molecule has 2 fully saturated rings. The van der Waals surface area contributed by atoms with Crippen LogP contribution in [0.3, 0.4) is 0 Å². The van der Waals surface area contributed by atoms with E-state index in [9.17, 15) is 13.2 Å². The zero-order valence-corrected chi connectivity index (χ0v) is 17.9. The fourth-order valence-electron chi connectivity index (χ4n) is 4.84. The number of anilines is 1. The molecule has 0 heterocycles. The molecule has 0 spiro atoms. The first-order valence-corrected chi connectivity index (χ1v) is 11.9. The van der Waals surface area contributed by atoms with Gasteiger partial charge in [0.1, 0.15) is 10.6 Å². The van der Waals surface area contributed by atoms with Gasteiger partial charge in [0.2, 0.25) is 15.9 Å². The lowest BCUT2D eigenvalue weighted by molar-refractivity contribution is -0.117. The van der Waals surface area contributed by atoms with Crippen molar-refractivity contribution in [3.8, 4) is 5.75 Å². The monoisotopic (exact) mass is 408 g/mol. The van der Waals surface area contributed by atoms with Crippen LogP contribution in [0.15, 0.2) is 23.1 Å². The van der Waals surface area contributed by atoms with Gasteiger partial charge in [-0.3, -0.25) is 4.79 Å². The van der Waals surface area contributed by atoms with E-state index in [0.29, 0.717) is 49.4 Å². The Hall–Kier alpha value is -1.60. The molecule has 2 aliphatic rings. The quantitative estimate of drug-likeness (QED) is 0.673. The van der Waals surface area contributed by atoms with Crippen molar-refractivity contribution in [2.45, 2.75) is 57.8 Å². The molecule has 1 aromatic carbocycles. The van der Waals surface area contributed by atoms with Crippen molar-refractivity contribution in [3.63, 3.8) is 0 Å². The van der Waals surface area contributed by atoms with Crippen molar-refractivity contribution in [3.05, 3.63) is 18.2 Å². The molecule has 1 amide bonds. The van der Waals surface area contributed by atoms with Crippen LogP contribution in [0.5, 0.6) is 5.75 Å². The van der Waals surface area contributed by atoms with Gasteiger partial charge in [-0.25, -0.2) is 8.42 Å². The average Bonchev–Trinajstić information content (AvgIpc) is 3.27. The summed E-state index contributed by atoms with van der Waals surface area (Å²) in [6.07, 6.45) is 5.51. The van der Waals surface area contributed by atoms with Gasteiger partial charge in [0.25, 0.3) is 0 Å². The maximum atomic E-state index is 13.0. The van der Waals surface area contributed by atoms with Crippen LogP contribution in [0.4, 0.5) is 5.69 Å². The summed E-state index contributed by atoms with van der Waals surface area (Å²) in [6.45, 7) is 6.57. The van der Waals surface area contributed by atoms with Gasteiger partial charge < -0.3 is 10.1 Å². The summed E-state index contributed by atoms with van der Waals surface area (Å²) in [5.74, 6) is 2.25. The number of benzene rings is 1. The predicted octanol–water partition coefficient (Wildman–Crippen LogP) is 3.88. The number of fused-ring (bicyclic) bond motifs is 2. The highest BCUT2D eigenvalue weighted by Crippen LogP contribution is 2.49. The molecule has 2 aliphatic carbocycles. The third-order valence-corrected chi connectivity index (χ3v) is 8.25. The topological polar surface area (TPSA) is 75.7 Å². The number of nitrogens with zero attached hydrogens (tertiary/aromatic N) is 1. The molecule has 0 radical (unpaired) electrons. The number of sulfonamides is 1. The lowest BCUT2D eigenvalue weighted by Crippen LogP contribution is -2.31. The van der Waals surface area contributed by atoms with E-state index in [4.69, 9.17) is 4.74 Å². The molecule has 0 aliphatic heterocycles. The standard InChI is InChI=1S/C21H32N2O4S/c1-4-23(5-2)28(25,26)20-14-18(9-10-19(20)27-6-3)22-21(24)13-17-12-15-7-8-16(17)11-15/h9-10,14-17H,4-8,11-13H2,1-3H3,(H,22,24)/t15-,16-,17-/m1/s1. The van der Waals surface area contributed by atoms with E-state index in [-0.39, 0.29) is 10.8 Å². The lowest BCUT2D eigenvalue weighted by Gasteiger charge is -2.22. The highest BCUT2D eigenvalue weighted by Gasteiger charge is 2.40. The molecule has 2 saturated carbocycles. The molecule has 28 heavy (non-hydrogen) atoms. The normalized spacial score (nSPS) is 23.9. The molecule has 156 valence electrons. The number of carbonyl (C=O) groups excluding carboxylic acids is 1. The van der Waals surface area contributed by atoms with Gasteiger partial charge in [-0.1, -0.05) is 20.3 Å². The van der Waals surface area contributed by atoms with Gasteiger partial charge in [-0.15, -0.1) is 0 Å². The fraction of sp³-hybridized carbons (Fsp3) is 0.667. The van der Waals surface area contributed by atoms with Crippen molar-refractivity contribution in [1.29, 1.82) is 0 Å². The van der Waals surface area contributed by atoms with Crippen LogP contribution in [0.2, 0.25) is 0 Å². The van der Waals surface area contributed by atoms with E-state index < -0.39 is 10.0 Å². The van der Waals surface area contributed by atoms with Crippen LogP contribution in [0.25, 0.3) is 0 Å². The molecule has 7 heteroatoms. The number of rotatable bonds is 9. The van der Waals surface area contributed by atoms with Crippen molar-refractivity contribution in [2.24, 2.45) is 17.8 Å². The van der Waals surface area contributed by atoms with E-state index in [0.717, 1.165) is 12.3 Å². The summed E-state index contributed by atoms with van der Waals surface area (Å²) in [5.41, 5.74) is 0.502. The highest BCUT2D eigenvalue weighted by molar-refractivity contribution is 7.89. The Kier molecular flexibility index (Phi) is 6.65. The molecular weight excluding hydrogens is 376 g/mol. The van der Waals surface area contributed by atoms with Crippen LogP contribution in [-0.2, 0) is 14.8 Å². The summed E-state index contributed by atoms with van der Waals surface area (Å²) in [6, 6.07) is 4.87. The Morgan fingerprint density at radius 2 is 1.93 bits per heavy atom. The van der Waals surface area contributed by atoms with E-state index >= 15 is 0 Å². The zero-order valence-electron chi connectivity index (χ0n) is 17.1. The summed E-state index contributed by atoms with van der Waals surface area (Å²) in [4.78, 5) is 12.7. The summed E-state index contributed by atoms with van der Waals surface area (Å²) in [5, 5.41) is 2.91. The maximum Gasteiger partial charge on any atom is 0.246 e. The van der Waals surface area contributed by atoms with Gasteiger partial charge in [0, 0.05) is 25.2 Å². The second kappa shape index (κ2) is 8.82. The summed E-state index contributed by atoms with van der Waals surface area (Å²) >= 11 is 0. The van der Waals surface area contributed by atoms with Crippen LogP contribution in [-0.4, -0.2) is 38.3 Å². The number of ether oxygens (including phenoxy) is 1. The fourth-order valence-corrected chi connectivity index (χ4v) is 6.46. The Morgan fingerprint density at radius 3 is 2.50 bits per heavy atom. The minimum absolute atomic E-state index is 0.0344. The Morgan fingerprint density at radius 1 is 1.18 bits per heavy atom. The van der Waals surface area contributed by atoms with Crippen molar-refractivity contribution in [1.82, 2.24) is 4.31 Å². The van der Waals surface area contributed by atoms with Gasteiger partial charge in [0.05, 0.1) is 6.61 Å². The smallest absolute Gasteiger partial charge is 0.246 e. The highest BCUT2D eigenvalue weighted by atomic mass is 32.2. The second-order valence-electron chi connectivity index (χ2n) is 7.87. The van der Waals surface area contributed by atoms with Crippen LogP contribution in [0.1, 0.15) is 52.9 Å². The van der Waals surface area contributed by atoms with Crippen molar-refractivity contribution < 1.29 is 17.9 Å². The van der Waals surface area contributed by atoms with E-state index in [1.807, 2.05) is 20.8 Å². The lowest BCUT2D eigenvalue weighted by atomic mass is 9.86. The largest absolute Gasteiger partial charge is 0.492 e. The van der Waals surface area contributed by atoms with Gasteiger partial charge in [-0.2, -0.15) is 4.31 Å². The Balaban J connectivity index is 1.77. The molecule has 3 atom stereocenters.